The lowest BCUT2D eigenvalue weighted by atomic mass is 10.1. The summed E-state index contributed by atoms with van der Waals surface area (Å²) in [5, 5.41) is 11.9. The molecule has 1 aromatic rings. The Morgan fingerprint density at radius 1 is 1.63 bits per heavy atom. The first-order chi connectivity index (χ1) is 9.29. The van der Waals surface area contributed by atoms with Crippen molar-refractivity contribution in [1.29, 1.82) is 0 Å². The quantitative estimate of drug-likeness (QED) is 0.821. The molecule has 0 saturated carbocycles. The van der Waals surface area contributed by atoms with Crippen LogP contribution in [0.5, 0.6) is 0 Å². The van der Waals surface area contributed by atoms with E-state index in [9.17, 15) is 4.79 Å². The molecule has 1 unspecified atom stereocenters. The molecule has 1 amide bonds. The van der Waals surface area contributed by atoms with Crippen LogP contribution in [0.25, 0.3) is 0 Å². The van der Waals surface area contributed by atoms with Crippen LogP contribution < -0.4 is 5.32 Å². The Bertz CT molecular complexity index is 484. The predicted octanol–water partition coefficient (Wildman–Crippen LogP) is 1.38. The summed E-state index contributed by atoms with van der Waals surface area (Å²) in [4.78, 5) is 16.8. The Balaban J connectivity index is 1.89. The normalized spacial score (nSPS) is 18.5. The maximum atomic E-state index is 11.9. The number of nitrogens with one attached hydrogen (secondary N) is 1. The van der Waals surface area contributed by atoms with Crippen LogP contribution in [0.15, 0.2) is 6.20 Å². The molecule has 5 nitrogen and oxygen atoms in total. The minimum atomic E-state index is -0.360. The summed E-state index contributed by atoms with van der Waals surface area (Å²) in [7, 11) is 0. The summed E-state index contributed by atoms with van der Waals surface area (Å²) in [6.45, 7) is 0.697. The fourth-order valence-corrected chi connectivity index (χ4v) is 2.42. The van der Waals surface area contributed by atoms with Gasteiger partial charge in [-0.3, -0.25) is 10.1 Å². The van der Waals surface area contributed by atoms with Crippen LogP contribution in [0.2, 0.25) is 0 Å². The van der Waals surface area contributed by atoms with Gasteiger partial charge in [-0.15, -0.1) is 0 Å². The number of carbonyl (C=O) groups excluding carboxylic acids is 1. The largest absolute Gasteiger partial charge is 0.395 e. The molecule has 0 radical (unpaired) electrons. The molecule has 0 aromatic carbocycles. The summed E-state index contributed by atoms with van der Waals surface area (Å²) in [5.41, 5.74) is 0. The molecule has 1 aromatic heterocycles. The summed E-state index contributed by atoms with van der Waals surface area (Å²) in [6, 6.07) is 0. The third kappa shape index (κ3) is 4.31. The van der Waals surface area contributed by atoms with Gasteiger partial charge in [-0.2, -0.15) is 0 Å². The molecule has 0 aliphatic carbocycles. The van der Waals surface area contributed by atoms with Gasteiger partial charge >= 0.3 is 0 Å². The smallest absolute Gasteiger partial charge is 0.255 e. The Morgan fingerprint density at radius 3 is 3.26 bits per heavy atom. The second-order valence-electron chi connectivity index (χ2n) is 4.15. The van der Waals surface area contributed by atoms with Crippen molar-refractivity contribution in [1.82, 2.24) is 4.98 Å². The van der Waals surface area contributed by atoms with Crippen molar-refractivity contribution in [2.24, 2.45) is 0 Å². The molecule has 2 heterocycles. The van der Waals surface area contributed by atoms with Crippen LogP contribution in [-0.2, 0) is 9.53 Å². The van der Waals surface area contributed by atoms with E-state index in [4.69, 9.17) is 9.84 Å². The lowest BCUT2D eigenvalue weighted by Crippen LogP contribution is -2.33. The fourth-order valence-electron chi connectivity index (χ4n) is 1.73. The van der Waals surface area contributed by atoms with Crippen molar-refractivity contribution < 1.29 is 14.6 Å². The molecule has 1 atom stereocenters. The summed E-state index contributed by atoms with van der Waals surface area (Å²) >= 11 is 1.32. The van der Waals surface area contributed by atoms with E-state index in [0.717, 1.165) is 24.1 Å². The number of thiazole rings is 1. The van der Waals surface area contributed by atoms with Crippen molar-refractivity contribution in [2.75, 3.05) is 18.5 Å². The van der Waals surface area contributed by atoms with Gasteiger partial charge in [0.2, 0.25) is 0 Å². The third-order valence-electron chi connectivity index (χ3n) is 2.66. The van der Waals surface area contributed by atoms with Crippen molar-refractivity contribution in [3.63, 3.8) is 0 Å². The maximum Gasteiger partial charge on any atom is 0.255 e. The van der Waals surface area contributed by atoms with Crippen molar-refractivity contribution in [3.05, 3.63) is 11.1 Å². The van der Waals surface area contributed by atoms with E-state index >= 15 is 0 Å². The minimum Gasteiger partial charge on any atom is -0.395 e. The van der Waals surface area contributed by atoms with E-state index < -0.39 is 0 Å². The zero-order valence-electron chi connectivity index (χ0n) is 10.5. The number of hydrogen-bond acceptors (Lipinski definition) is 5. The molecule has 1 saturated heterocycles. The summed E-state index contributed by atoms with van der Waals surface area (Å²) in [5.74, 6) is 5.56. The maximum absolute atomic E-state index is 11.9. The van der Waals surface area contributed by atoms with Crippen molar-refractivity contribution in [3.8, 4) is 11.8 Å². The zero-order valence-corrected chi connectivity index (χ0v) is 11.3. The van der Waals surface area contributed by atoms with Crippen LogP contribution in [0.3, 0.4) is 0 Å². The minimum absolute atomic E-state index is 0.0500. The second-order valence-corrected chi connectivity index (χ2v) is 5.18. The number of aliphatic hydroxyl groups is 1. The van der Waals surface area contributed by atoms with Gasteiger partial charge in [0.25, 0.3) is 5.91 Å². The van der Waals surface area contributed by atoms with E-state index in [1.165, 1.54) is 11.3 Å². The number of rotatable bonds is 3. The highest BCUT2D eigenvalue weighted by molar-refractivity contribution is 7.16. The number of ether oxygens (including phenoxy) is 1. The average Bonchev–Trinajstić information content (AvgIpc) is 2.88. The van der Waals surface area contributed by atoms with Crippen molar-refractivity contribution >= 4 is 22.4 Å². The van der Waals surface area contributed by atoms with Gasteiger partial charge in [-0.1, -0.05) is 23.2 Å². The molecule has 19 heavy (non-hydrogen) atoms. The number of nitrogens with zero attached hydrogens (tertiary/aromatic N) is 1. The van der Waals surface area contributed by atoms with Gasteiger partial charge < -0.3 is 9.84 Å². The highest BCUT2D eigenvalue weighted by atomic mass is 32.1. The Kier molecular flexibility index (Phi) is 5.33. The molecule has 1 aliphatic heterocycles. The summed E-state index contributed by atoms with van der Waals surface area (Å²) < 4.78 is 5.41. The number of hydrogen-bond donors (Lipinski definition) is 2. The Morgan fingerprint density at radius 2 is 2.53 bits per heavy atom. The number of aliphatic hydroxyl groups excluding tert-OH is 1. The molecule has 2 rings (SSSR count). The lowest BCUT2D eigenvalue weighted by molar-refractivity contribution is -0.129. The topological polar surface area (TPSA) is 71.5 Å². The number of anilines is 1. The number of carbonyl (C=O) groups is 1. The fraction of sp³-hybridized carbons (Fsp3) is 0.538. The van der Waals surface area contributed by atoms with Gasteiger partial charge in [0.1, 0.15) is 6.10 Å². The van der Waals surface area contributed by atoms with Crippen LogP contribution in [-0.4, -0.2) is 35.3 Å². The second kappa shape index (κ2) is 7.24. The molecule has 6 heteroatoms. The van der Waals surface area contributed by atoms with Crippen LogP contribution >= 0.6 is 11.3 Å². The highest BCUT2D eigenvalue weighted by Gasteiger charge is 2.22. The molecular weight excluding hydrogens is 264 g/mol. The van der Waals surface area contributed by atoms with E-state index in [1.807, 2.05) is 0 Å². The molecular formula is C13H16N2O3S. The van der Waals surface area contributed by atoms with Gasteiger partial charge in [0, 0.05) is 13.0 Å². The zero-order chi connectivity index (χ0) is 13.5. The first-order valence-corrected chi connectivity index (χ1v) is 7.09. The molecule has 2 N–H and O–H groups in total. The highest BCUT2D eigenvalue weighted by Crippen LogP contribution is 2.19. The molecule has 0 spiro atoms. The standard InChI is InChI=1S/C13H16N2O3S/c16-7-3-1-5-10-9-14-13(19-10)15-12(17)11-6-2-4-8-18-11/h9,11,16H,2-4,6-8H2,(H,14,15,17). The van der Waals surface area contributed by atoms with Gasteiger partial charge in [-0.25, -0.2) is 4.98 Å². The third-order valence-corrected chi connectivity index (χ3v) is 3.48. The molecule has 0 bridgehead atoms. The van der Waals surface area contributed by atoms with Crippen molar-refractivity contribution in [2.45, 2.75) is 31.8 Å². The van der Waals surface area contributed by atoms with E-state index in [0.29, 0.717) is 18.2 Å². The molecule has 1 aliphatic rings. The van der Waals surface area contributed by atoms with Gasteiger partial charge in [0.15, 0.2) is 5.13 Å². The number of aromatic nitrogens is 1. The first-order valence-electron chi connectivity index (χ1n) is 6.27. The van der Waals surface area contributed by atoms with E-state index in [-0.39, 0.29) is 18.6 Å². The van der Waals surface area contributed by atoms with E-state index in [1.54, 1.807) is 6.20 Å². The first kappa shape index (κ1) is 14.0. The average molecular weight is 280 g/mol. The van der Waals surface area contributed by atoms with E-state index in [2.05, 4.69) is 22.1 Å². The Hall–Kier alpha value is -1.42. The number of amides is 1. The van der Waals surface area contributed by atoms with Crippen LogP contribution in [0.1, 0.15) is 30.6 Å². The predicted molar refractivity (Wildman–Crippen MR) is 72.9 cm³/mol. The van der Waals surface area contributed by atoms with Crippen LogP contribution in [0.4, 0.5) is 5.13 Å². The monoisotopic (exact) mass is 280 g/mol. The summed E-state index contributed by atoms with van der Waals surface area (Å²) in [6.07, 6.45) is 4.50. The van der Waals surface area contributed by atoms with Gasteiger partial charge in [-0.05, 0) is 19.3 Å². The SMILES string of the molecule is O=C(Nc1ncc(C#CCCO)s1)C1CCCCO1. The molecule has 1 fully saturated rings. The van der Waals surface area contributed by atoms with Crippen LogP contribution in [0, 0.1) is 11.8 Å². The Labute approximate surface area is 116 Å². The molecule has 102 valence electrons. The van der Waals surface area contributed by atoms with Gasteiger partial charge in [0.05, 0.1) is 17.7 Å². The lowest BCUT2D eigenvalue weighted by Gasteiger charge is -2.20.